The summed E-state index contributed by atoms with van der Waals surface area (Å²) in [5.41, 5.74) is 0. The van der Waals surface area contributed by atoms with Gasteiger partial charge in [0.25, 0.3) is 0 Å². The molecule has 0 saturated carbocycles. The first-order valence-electron chi connectivity index (χ1n) is 0.651. The van der Waals surface area contributed by atoms with Crippen molar-refractivity contribution in [2.45, 2.75) is 0 Å². The Balaban J connectivity index is -0.00000000750. The molecule has 0 heterocycles. The third-order valence-electron chi connectivity index (χ3n) is 0. The molecule has 0 saturated heterocycles. The highest BCUT2D eigenvalue weighted by atomic mass is 24.3. The van der Waals surface area contributed by atoms with E-state index in [4.69, 9.17) is 15.0 Å². The minimum Gasteiger partial charge on any atom is -0.450 e. The molecular weight excluding hydrogens is 141 g/mol. The fourth-order valence-electron chi connectivity index (χ4n) is 0. The van der Waals surface area contributed by atoms with Gasteiger partial charge in [-0.15, -0.1) is 0 Å². The van der Waals surface area contributed by atoms with Gasteiger partial charge in [0.15, 0.2) is 0 Å². The maximum atomic E-state index is 8.56. The molecule has 0 bridgehead atoms. The molecule has 0 aliphatic carbocycles. The third kappa shape index (κ3) is 422. The van der Waals surface area contributed by atoms with Gasteiger partial charge in [0.1, 0.15) is 0 Å². The molecule has 8 heavy (non-hydrogen) atoms. The lowest BCUT2D eigenvalue weighted by Crippen LogP contribution is -1.81. The van der Waals surface area contributed by atoms with E-state index in [1.807, 2.05) is 0 Å². The van der Waals surface area contributed by atoms with Crippen LogP contribution in [0.1, 0.15) is 0 Å². The maximum Gasteiger partial charge on any atom is 0.503 e. The van der Waals surface area contributed by atoms with Gasteiger partial charge in [0, 0.05) is 0 Å². The van der Waals surface area contributed by atoms with Crippen molar-refractivity contribution >= 4 is 52.3 Å². The Bertz CT molecular complexity index is 33.4. The maximum absolute atomic E-state index is 8.56. The zero-order chi connectivity index (χ0) is 3.58. The summed E-state index contributed by atoms with van der Waals surface area (Å²) in [6.07, 6.45) is -1.83. The molecule has 0 aliphatic rings. The summed E-state index contributed by atoms with van der Waals surface area (Å²) in [6, 6.07) is 0. The Kier molecular flexibility index (Phi) is 118. The molecule has 0 atom stereocenters. The van der Waals surface area contributed by atoms with E-state index in [9.17, 15) is 0 Å². The number of hydrogen-bond acceptors (Lipinski definition) is 1. The average Bonchev–Trinajstić information content (AvgIpc) is 0.811. The standard InChI is InChI=1S/CH2O3.2Mg.2H2O.4H/c2-1(3)4;;;;;;;;/h(H2,2,3,4);;;2*1H2;;;;. The molecule has 5 nitrogen and oxygen atoms in total. The zero-order valence-corrected chi connectivity index (χ0v) is 2.80. The SMILES string of the molecule is O.O.O=C(O)O.[MgH2].[MgH2]. The first-order chi connectivity index (χ1) is 1.73. The van der Waals surface area contributed by atoms with Crippen molar-refractivity contribution in [3.8, 4) is 0 Å². The number of carboxylic acid groups (broad SMARTS) is 2. The number of carbonyl (C=O) groups is 1. The predicted octanol–water partition coefficient (Wildman–Crippen LogP) is -3.26. The Labute approximate surface area is 78.0 Å². The third-order valence-corrected chi connectivity index (χ3v) is 0. The van der Waals surface area contributed by atoms with Gasteiger partial charge in [-0.05, 0) is 0 Å². The highest BCUT2D eigenvalue weighted by Crippen LogP contribution is 1.42. The fourth-order valence-corrected chi connectivity index (χ4v) is 0. The van der Waals surface area contributed by atoms with Crippen molar-refractivity contribution in [3.63, 3.8) is 0 Å². The lowest BCUT2D eigenvalue weighted by Gasteiger charge is -1.60. The lowest BCUT2D eigenvalue weighted by molar-refractivity contribution is 0.137. The molecule has 48 valence electrons. The Morgan fingerprint density at radius 1 is 1.00 bits per heavy atom. The summed E-state index contributed by atoms with van der Waals surface area (Å²) in [4.78, 5) is 8.56. The molecule has 0 aliphatic heterocycles. The Morgan fingerprint density at radius 2 is 1.00 bits per heavy atom. The van der Waals surface area contributed by atoms with Crippen LogP contribution in [0.15, 0.2) is 0 Å². The fraction of sp³-hybridized carbons (Fsp3) is 0. The van der Waals surface area contributed by atoms with Crippen LogP contribution in [0.4, 0.5) is 4.79 Å². The van der Waals surface area contributed by atoms with Crippen LogP contribution in [0.25, 0.3) is 0 Å². The highest BCUT2D eigenvalue weighted by molar-refractivity contribution is 5.76. The molecule has 0 radical (unpaired) electrons. The van der Waals surface area contributed by atoms with E-state index in [1.165, 1.54) is 0 Å². The summed E-state index contributed by atoms with van der Waals surface area (Å²) in [7, 11) is 0. The van der Waals surface area contributed by atoms with Crippen LogP contribution in [0.3, 0.4) is 0 Å². The van der Waals surface area contributed by atoms with Crippen LogP contribution in [-0.4, -0.2) is 73.4 Å². The molecule has 0 aromatic rings. The molecule has 0 spiro atoms. The van der Waals surface area contributed by atoms with Gasteiger partial charge < -0.3 is 21.2 Å². The van der Waals surface area contributed by atoms with E-state index in [0.29, 0.717) is 0 Å². The van der Waals surface area contributed by atoms with Crippen LogP contribution >= 0.6 is 0 Å². The summed E-state index contributed by atoms with van der Waals surface area (Å²) in [5, 5.41) is 13.9. The van der Waals surface area contributed by atoms with Gasteiger partial charge in [-0.3, -0.25) is 0 Å². The van der Waals surface area contributed by atoms with Crippen molar-refractivity contribution in [1.82, 2.24) is 0 Å². The molecule has 7 heteroatoms. The van der Waals surface area contributed by atoms with Gasteiger partial charge in [0.05, 0.1) is 0 Å². The van der Waals surface area contributed by atoms with E-state index >= 15 is 0 Å². The van der Waals surface area contributed by atoms with Gasteiger partial charge in [-0.1, -0.05) is 0 Å². The van der Waals surface area contributed by atoms with Crippen LogP contribution in [0.2, 0.25) is 0 Å². The smallest absolute Gasteiger partial charge is 0.450 e. The minimum atomic E-state index is -1.83. The van der Waals surface area contributed by atoms with Crippen molar-refractivity contribution < 1.29 is 26.0 Å². The summed E-state index contributed by atoms with van der Waals surface area (Å²) in [6.45, 7) is 0. The molecule has 0 fully saturated rings. The molecule has 0 amide bonds. The normalized spacial score (nSPS) is 3.00. The van der Waals surface area contributed by atoms with Gasteiger partial charge >= 0.3 is 52.3 Å². The van der Waals surface area contributed by atoms with Crippen molar-refractivity contribution in [2.75, 3.05) is 0 Å². The van der Waals surface area contributed by atoms with Crippen LogP contribution < -0.4 is 0 Å². The van der Waals surface area contributed by atoms with Crippen LogP contribution in [-0.2, 0) is 0 Å². The quantitative estimate of drug-likeness (QED) is 0.353. The Morgan fingerprint density at radius 3 is 1.00 bits per heavy atom. The summed E-state index contributed by atoms with van der Waals surface area (Å²) >= 11 is 0. The van der Waals surface area contributed by atoms with E-state index in [-0.39, 0.29) is 57.1 Å². The molecule has 0 aromatic carbocycles. The number of rotatable bonds is 0. The van der Waals surface area contributed by atoms with Crippen LogP contribution in [0.5, 0.6) is 0 Å². The van der Waals surface area contributed by atoms with E-state index < -0.39 is 6.16 Å². The first-order valence-corrected chi connectivity index (χ1v) is 0.651. The van der Waals surface area contributed by atoms with Crippen molar-refractivity contribution in [3.05, 3.63) is 0 Å². The van der Waals surface area contributed by atoms with E-state index in [1.54, 1.807) is 0 Å². The lowest BCUT2D eigenvalue weighted by atomic mass is 11.5. The second-order valence-corrected chi connectivity index (χ2v) is 0.283. The second-order valence-electron chi connectivity index (χ2n) is 0.283. The van der Waals surface area contributed by atoms with Gasteiger partial charge in [-0.25, -0.2) is 4.79 Å². The average molecular weight is 151 g/mol. The Hall–Kier alpha value is 0.722. The highest BCUT2D eigenvalue weighted by Gasteiger charge is 1.70. The zero-order valence-electron chi connectivity index (χ0n) is 2.80. The van der Waals surface area contributed by atoms with Crippen LogP contribution in [0, 0.1) is 0 Å². The summed E-state index contributed by atoms with van der Waals surface area (Å²) < 4.78 is 0. The molecule has 0 unspecified atom stereocenters. The summed E-state index contributed by atoms with van der Waals surface area (Å²) in [5.74, 6) is 0. The largest absolute Gasteiger partial charge is 0.503 e. The van der Waals surface area contributed by atoms with E-state index in [0.717, 1.165) is 0 Å². The predicted molar refractivity (Wildman–Crippen MR) is 35.0 cm³/mol. The van der Waals surface area contributed by atoms with Crippen molar-refractivity contribution in [1.29, 1.82) is 0 Å². The van der Waals surface area contributed by atoms with Gasteiger partial charge in [0.2, 0.25) is 0 Å². The minimum absolute atomic E-state index is 0. The van der Waals surface area contributed by atoms with E-state index in [2.05, 4.69) is 0 Å². The molecule has 0 aromatic heterocycles. The molecule has 0 rings (SSSR count). The number of hydrogen-bond donors (Lipinski definition) is 2. The van der Waals surface area contributed by atoms with Gasteiger partial charge in [-0.2, -0.15) is 0 Å². The first kappa shape index (κ1) is 37.5. The second kappa shape index (κ2) is 25.2. The molecular formula is CH10Mg2O5. The van der Waals surface area contributed by atoms with Crippen molar-refractivity contribution in [2.24, 2.45) is 0 Å². The topological polar surface area (TPSA) is 121 Å². The molecule has 6 N–H and O–H groups in total. The monoisotopic (exact) mass is 150 g/mol.